The highest BCUT2D eigenvalue weighted by Gasteiger charge is 2.40. The fourth-order valence-corrected chi connectivity index (χ4v) is 4.13. The Morgan fingerprint density at radius 2 is 1.93 bits per heavy atom. The monoisotopic (exact) mass is 396 g/mol. The van der Waals surface area contributed by atoms with Crippen LogP contribution in [0, 0.1) is 0 Å². The molecule has 5 nitrogen and oxygen atoms in total. The Kier molecular flexibility index (Phi) is 5.33. The smallest absolute Gasteiger partial charge is 0.338 e. The van der Waals surface area contributed by atoms with Gasteiger partial charge < -0.3 is 19.7 Å². The lowest BCUT2D eigenvalue weighted by molar-refractivity contribution is -0.140. The summed E-state index contributed by atoms with van der Waals surface area (Å²) in [6.45, 7) is 2.56. The molecule has 28 heavy (non-hydrogen) atoms. The van der Waals surface area contributed by atoms with Gasteiger partial charge in [-0.15, -0.1) is 0 Å². The minimum absolute atomic E-state index is 0.227. The molecule has 146 valence electrons. The van der Waals surface area contributed by atoms with Crippen molar-refractivity contribution in [2.75, 3.05) is 20.3 Å². The van der Waals surface area contributed by atoms with E-state index in [0.29, 0.717) is 23.3 Å². The van der Waals surface area contributed by atoms with Crippen molar-refractivity contribution in [3.05, 3.63) is 59.3 Å². The van der Waals surface area contributed by atoms with Crippen LogP contribution in [-0.4, -0.2) is 42.3 Å². The molecule has 0 radical (unpaired) electrons. The molecule has 4 rings (SSSR count). The van der Waals surface area contributed by atoms with Gasteiger partial charge in [-0.2, -0.15) is 0 Å². The molecule has 0 amide bonds. The van der Waals surface area contributed by atoms with Crippen LogP contribution in [0.4, 0.5) is 0 Å². The van der Waals surface area contributed by atoms with Crippen LogP contribution < -0.4 is 5.32 Å². The average Bonchev–Trinajstić information content (AvgIpc) is 3.52. The summed E-state index contributed by atoms with van der Waals surface area (Å²) < 4.78 is 10.5. The molecule has 1 fully saturated rings. The number of carbonyl (C=O) groups excluding carboxylic acids is 1. The van der Waals surface area contributed by atoms with Crippen molar-refractivity contribution in [1.82, 2.24) is 10.2 Å². The summed E-state index contributed by atoms with van der Waals surface area (Å²) in [6.07, 6.45) is 2.18. The van der Waals surface area contributed by atoms with E-state index in [-0.39, 0.29) is 18.6 Å². The fraction of sp³-hybridized carbons (Fsp3) is 0.364. The molecule has 2 aromatic carbocycles. The SMILES string of the molecule is COCCOC(=O)C1=C(C)N(C2CC2)C(=S)N[C@@H]1c1ccc2ccccc2c1. The molecule has 1 aliphatic carbocycles. The maximum Gasteiger partial charge on any atom is 0.338 e. The minimum atomic E-state index is -0.331. The lowest BCUT2D eigenvalue weighted by Gasteiger charge is -2.37. The molecular weight excluding hydrogens is 372 g/mol. The van der Waals surface area contributed by atoms with Gasteiger partial charge in [0.1, 0.15) is 6.61 Å². The molecule has 2 aliphatic rings. The third kappa shape index (κ3) is 3.62. The first kappa shape index (κ1) is 18.9. The predicted molar refractivity (Wildman–Crippen MR) is 113 cm³/mol. The van der Waals surface area contributed by atoms with E-state index in [0.717, 1.165) is 34.9 Å². The number of allylic oxidation sites excluding steroid dienone is 1. The predicted octanol–water partition coefficient (Wildman–Crippen LogP) is 3.70. The van der Waals surface area contributed by atoms with E-state index in [4.69, 9.17) is 21.7 Å². The summed E-state index contributed by atoms with van der Waals surface area (Å²) >= 11 is 5.65. The minimum Gasteiger partial charge on any atom is -0.460 e. The maximum atomic E-state index is 13.0. The molecule has 1 saturated carbocycles. The first-order valence-corrected chi connectivity index (χ1v) is 9.96. The molecule has 0 saturated heterocycles. The standard InChI is InChI=1S/C22H24N2O3S/c1-14-19(21(25)27-12-11-26-2)20(23-22(28)24(14)18-9-10-18)17-8-7-15-5-3-4-6-16(15)13-17/h3-8,13,18,20H,9-12H2,1-2H3,(H,23,28)/t20-/m1/s1. The summed E-state index contributed by atoms with van der Waals surface area (Å²) in [5, 5.41) is 6.35. The lowest BCUT2D eigenvalue weighted by Crippen LogP contribution is -2.48. The van der Waals surface area contributed by atoms with E-state index in [2.05, 4.69) is 34.5 Å². The van der Waals surface area contributed by atoms with Crippen LogP contribution in [0.15, 0.2) is 53.7 Å². The quantitative estimate of drug-likeness (QED) is 0.457. The topological polar surface area (TPSA) is 50.8 Å². The summed E-state index contributed by atoms with van der Waals surface area (Å²) in [7, 11) is 1.59. The van der Waals surface area contributed by atoms with Crippen molar-refractivity contribution in [3.8, 4) is 0 Å². The van der Waals surface area contributed by atoms with Crippen LogP contribution in [0.1, 0.15) is 31.4 Å². The van der Waals surface area contributed by atoms with Crippen molar-refractivity contribution in [2.45, 2.75) is 31.8 Å². The van der Waals surface area contributed by atoms with Crippen molar-refractivity contribution in [2.24, 2.45) is 0 Å². The summed E-state index contributed by atoms with van der Waals surface area (Å²) in [4.78, 5) is 15.0. The number of rotatable bonds is 6. The number of methoxy groups -OCH3 is 1. The Labute approximate surface area is 170 Å². The Morgan fingerprint density at radius 1 is 1.18 bits per heavy atom. The van der Waals surface area contributed by atoms with E-state index in [1.165, 1.54) is 0 Å². The molecule has 0 unspecified atom stereocenters. The zero-order valence-electron chi connectivity index (χ0n) is 16.1. The highest BCUT2D eigenvalue weighted by Crippen LogP contribution is 2.38. The molecule has 2 aromatic rings. The van der Waals surface area contributed by atoms with Gasteiger partial charge in [-0.05, 0) is 54.4 Å². The lowest BCUT2D eigenvalue weighted by atomic mass is 9.93. The summed E-state index contributed by atoms with van der Waals surface area (Å²) in [5.74, 6) is -0.326. The van der Waals surface area contributed by atoms with Gasteiger partial charge in [0.15, 0.2) is 5.11 Å². The normalized spacial score (nSPS) is 19.7. The van der Waals surface area contributed by atoms with E-state index < -0.39 is 0 Å². The Bertz CT molecular complexity index is 952. The molecule has 6 heteroatoms. The van der Waals surface area contributed by atoms with Gasteiger partial charge in [-0.25, -0.2) is 4.79 Å². The van der Waals surface area contributed by atoms with Crippen LogP contribution in [0.2, 0.25) is 0 Å². The van der Waals surface area contributed by atoms with Crippen LogP contribution >= 0.6 is 12.2 Å². The molecular formula is C22H24N2O3S. The number of nitrogens with one attached hydrogen (secondary N) is 1. The fourth-order valence-electron chi connectivity index (χ4n) is 3.73. The van der Waals surface area contributed by atoms with Gasteiger partial charge in [0.05, 0.1) is 18.2 Å². The molecule has 1 heterocycles. The second kappa shape index (κ2) is 7.89. The van der Waals surface area contributed by atoms with Crippen molar-refractivity contribution in [1.29, 1.82) is 0 Å². The van der Waals surface area contributed by atoms with Gasteiger partial charge in [0, 0.05) is 18.8 Å². The van der Waals surface area contributed by atoms with Crippen LogP contribution in [0.3, 0.4) is 0 Å². The van der Waals surface area contributed by atoms with E-state index in [1.807, 2.05) is 25.1 Å². The van der Waals surface area contributed by atoms with E-state index in [1.54, 1.807) is 7.11 Å². The number of carbonyl (C=O) groups is 1. The zero-order chi connectivity index (χ0) is 19.7. The van der Waals surface area contributed by atoms with Crippen molar-refractivity contribution in [3.63, 3.8) is 0 Å². The molecule has 0 spiro atoms. The van der Waals surface area contributed by atoms with Gasteiger partial charge in [0.2, 0.25) is 0 Å². The Hall–Kier alpha value is -2.44. The maximum absolute atomic E-state index is 13.0. The number of ether oxygens (including phenoxy) is 2. The van der Waals surface area contributed by atoms with Gasteiger partial charge in [0.25, 0.3) is 0 Å². The number of thiocarbonyl (C=S) groups is 1. The molecule has 0 bridgehead atoms. The number of fused-ring (bicyclic) bond motifs is 1. The van der Waals surface area contributed by atoms with Crippen LogP contribution in [-0.2, 0) is 14.3 Å². The average molecular weight is 397 g/mol. The number of benzene rings is 2. The molecule has 1 N–H and O–H groups in total. The molecule has 1 aliphatic heterocycles. The summed E-state index contributed by atoms with van der Waals surface area (Å²) in [6, 6.07) is 14.5. The van der Waals surface area contributed by atoms with Crippen LogP contribution in [0.5, 0.6) is 0 Å². The zero-order valence-corrected chi connectivity index (χ0v) is 16.9. The van der Waals surface area contributed by atoms with Gasteiger partial charge in [-0.1, -0.05) is 36.4 Å². The first-order valence-electron chi connectivity index (χ1n) is 9.55. The van der Waals surface area contributed by atoms with Crippen molar-refractivity contribution >= 4 is 34.1 Å². The second-order valence-electron chi connectivity index (χ2n) is 7.22. The van der Waals surface area contributed by atoms with Crippen LogP contribution in [0.25, 0.3) is 10.8 Å². The van der Waals surface area contributed by atoms with E-state index in [9.17, 15) is 4.79 Å². The number of hydrogen-bond donors (Lipinski definition) is 1. The number of nitrogens with zero attached hydrogens (tertiary/aromatic N) is 1. The largest absolute Gasteiger partial charge is 0.460 e. The number of hydrogen-bond acceptors (Lipinski definition) is 4. The van der Waals surface area contributed by atoms with Gasteiger partial charge in [-0.3, -0.25) is 0 Å². The molecule has 1 atom stereocenters. The third-order valence-electron chi connectivity index (χ3n) is 5.29. The highest BCUT2D eigenvalue weighted by molar-refractivity contribution is 7.80. The van der Waals surface area contributed by atoms with Gasteiger partial charge >= 0.3 is 5.97 Å². The van der Waals surface area contributed by atoms with Crippen molar-refractivity contribution < 1.29 is 14.3 Å². The summed E-state index contributed by atoms with van der Waals surface area (Å²) in [5.41, 5.74) is 2.49. The second-order valence-corrected chi connectivity index (χ2v) is 7.60. The number of esters is 1. The Morgan fingerprint density at radius 3 is 2.64 bits per heavy atom. The molecule has 0 aromatic heterocycles. The Balaban J connectivity index is 1.74. The third-order valence-corrected chi connectivity index (χ3v) is 5.60. The highest BCUT2D eigenvalue weighted by atomic mass is 32.1. The van der Waals surface area contributed by atoms with E-state index >= 15 is 0 Å². The first-order chi connectivity index (χ1) is 13.6.